The highest BCUT2D eigenvalue weighted by atomic mass is 32.1. The zero-order valence-electron chi connectivity index (χ0n) is 9.45. The number of amides is 1. The molecule has 4 nitrogen and oxygen atoms in total. The second kappa shape index (κ2) is 4.43. The highest BCUT2D eigenvalue weighted by Crippen LogP contribution is 2.34. The molecule has 0 saturated carbocycles. The Bertz CT molecular complexity index is 414. The van der Waals surface area contributed by atoms with E-state index in [1.54, 1.807) is 0 Å². The Morgan fingerprint density at radius 3 is 2.94 bits per heavy atom. The van der Waals surface area contributed by atoms with Crippen LogP contribution in [0.2, 0.25) is 0 Å². The average molecular weight is 239 g/mol. The normalized spacial score (nSPS) is 16.1. The predicted molar refractivity (Wildman–Crippen MR) is 66.5 cm³/mol. The molecule has 0 saturated heterocycles. The molecule has 0 aromatic carbocycles. The van der Waals surface area contributed by atoms with Crippen molar-refractivity contribution in [3.8, 4) is 0 Å². The van der Waals surface area contributed by atoms with Gasteiger partial charge in [-0.05, 0) is 24.9 Å². The Kier molecular flexibility index (Phi) is 3.16. The highest BCUT2D eigenvalue weighted by molar-refractivity contribution is 7.16. The number of primary amides is 1. The Morgan fingerprint density at radius 1 is 1.56 bits per heavy atom. The summed E-state index contributed by atoms with van der Waals surface area (Å²) in [5.41, 5.74) is 12.8. The van der Waals surface area contributed by atoms with Crippen molar-refractivity contribution < 1.29 is 4.79 Å². The van der Waals surface area contributed by atoms with Crippen LogP contribution in [0.15, 0.2) is 0 Å². The lowest BCUT2D eigenvalue weighted by molar-refractivity contribution is 0.1000. The molecule has 0 bridgehead atoms. The van der Waals surface area contributed by atoms with Crippen LogP contribution in [0.3, 0.4) is 0 Å². The van der Waals surface area contributed by atoms with Crippen LogP contribution in [0.5, 0.6) is 0 Å². The summed E-state index contributed by atoms with van der Waals surface area (Å²) in [4.78, 5) is 14.9. The van der Waals surface area contributed by atoms with E-state index in [0.717, 1.165) is 38.0 Å². The van der Waals surface area contributed by atoms with Crippen LogP contribution in [-0.2, 0) is 13.0 Å². The van der Waals surface area contributed by atoms with Gasteiger partial charge in [0.2, 0.25) is 0 Å². The molecule has 4 N–H and O–H groups in total. The summed E-state index contributed by atoms with van der Waals surface area (Å²) < 4.78 is 0. The average Bonchev–Trinajstić information content (AvgIpc) is 2.53. The van der Waals surface area contributed by atoms with Crippen LogP contribution in [0.4, 0.5) is 5.00 Å². The summed E-state index contributed by atoms with van der Waals surface area (Å²) >= 11 is 1.51. The SMILES string of the molecule is CCCN1CCc2c(sc(N)c2C(N)=O)C1. The molecule has 0 radical (unpaired) electrons. The van der Waals surface area contributed by atoms with Crippen LogP contribution in [0.25, 0.3) is 0 Å². The van der Waals surface area contributed by atoms with Gasteiger partial charge in [0.05, 0.1) is 10.6 Å². The maximum Gasteiger partial charge on any atom is 0.251 e. The molecule has 0 aliphatic carbocycles. The summed E-state index contributed by atoms with van der Waals surface area (Å²) in [5, 5.41) is 0.579. The van der Waals surface area contributed by atoms with Gasteiger partial charge in [-0.1, -0.05) is 6.92 Å². The Hall–Kier alpha value is -1.07. The van der Waals surface area contributed by atoms with Gasteiger partial charge in [-0.15, -0.1) is 11.3 Å². The molecule has 1 aliphatic heterocycles. The fourth-order valence-electron chi connectivity index (χ4n) is 2.25. The standard InChI is InChI=1S/C11H17N3OS/c1-2-4-14-5-3-7-8(6-14)16-11(13)9(7)10(12)15/h2-6,13H2,1H3,(H2,12,15). The fraction of sp³-hybridized carbons (Fsp3) is 0.545. The van der Waals surface area contributed by atoms with Crippen molar-refractivity contribution >= 4 is 22.2 Å². The van der Waals surface area contributed by atoms with E-state index in [1.165, 1.54) is 16.2 Å². The van der Waals surface area contributed by atoms with Crippen molar-refractivity contribution in [1.29, 1.82) is 0 Å². The maximum absolute atomic E-state index is 11.3. The van der Waals surface area contributed by atoms with Crippen LogP contribution in [-0.4, -0.2) is 23.9 Å². The number of hydrogen-bond donors (Lipinski definition) is 2. The van der Waals surface area contributed by atoms with Crippen LogP contribution in [0.1, 0.15) is 34.1 Å². The molecule has 1 aromatic heterocycles. The van der Waals surface area contributed by atoms with E-state index in [4.69, 9.17) is 11.5 Å². The van der Waals surface area contributed by atoms with Gasteiger partial charge in [0, 0.05) is 18.0 Å². The van der Waals surface area contributed by atoms with E-state index in [9.17, 15) is 4.79 Å². The third kappa shape index (κ3) is 1.92. The lowest BCUT2D eigenvalue weighted by Crippen LogP contribution is -2.31. The topological polar surface area (TPSA) is 72.3 Å². The van der Waals surface area contributed by atoms with Gasteiger partial charge < -0.3 is 11.5 Å². The number of carbonyl (C=O) groups is 1. The summed E-state index contributed by atoms with van der Waals surface area (Å²) in [5.74, 6) is -0.390. The first-order valence-corrected chi connectivity index (χ1v) is 6.37. The minimum absolute atomic E-state index is 0.390. The quantitative estimate of drug-likeness (QED) is 0.832. The van der Waals surface area contributed by atoms with Crippen LogP contribution < -0.4 is 11.5 Å². The number of rotatable bonds is 3. The summed E-state index contributed by atoms with van der Waals surface area (Å²) in [6.07, 6.45) is 2.04. The van der Waals surface area contributed by atoms with Gasteiger partial charge in [0.25, 0.3) is 5.91 Å². The van der Waals surface area contributed by atoms with Crippen molar-refractivity contribution in [2.45, 2.75) is 26.3 Å². The molecule has 2 rings (SSSR count). The first-order valence-electron chi connectivity index (χ1n) is 5.55. The van der Waals surface area contributed by atoms with Gasteiger partial charge in [-0.25, -0.2) is 0 Å². The number of thiophene rings is 1. The summed E-state index contributed by atoms with van der Waals surface area (Å²) in [6.45, 7) is 5.18. The van der Waals surface area contributed by atoms with E-state index >= 15 is 0 Å². The molecule has 1 amide bonds. The van der Waals surface area contributed by atoms with Crippen molar-refractivity contribution in [2.75, 3.05) is 18.8 Å². The number of nitrogens with zero attached hydrogens (tertiary/aromatic N) is 1. The van der Waals surface area contributed by atoms with E-state index in [2.05, 4.69) is 11.8 Å². The third-order valence-electron chi connectivity index (χ3n) is 2.95. The third-order valence-corrected chi connectivity index (χ3v) is 4.00. The Balaban J connectivity index is 2.28. The lowest BCUT2D eigenvalue weighted by Gasteiger charge is -2.26. The second-order valence-corrected chi connectivity index (χ2v) is 5.27. The number of nitrogen functional groups attached to an aromatic ring is 1. The zero-order chi connectivity index (χ0) is 11.7. The van der Waals surface area contributed by atoms with Crippen molar-refractivity contribution in [2.24, 2.45) is 5.73 Å². The Labute approximate surface area is 99.2 Å². The van der Waals surface area contributed by atoms with Gasteiger partial charge in [-0.2, -0.15) is 0 Å². The van der Waals surface area contributed by atoms with Crippen molar-refractivity contribution in [3.63, 3.8) is 0 Å². The smallest absolute Gasteiger partial charge is 0.251 e. The lowest BCUT2D eigenvalue weighted by atomic mass is 10.0. The van der Waals surface area contributed by atoms with Gasteiger partial charge >= 0.3 is 0 Å². The highest BCUT2D eigenvalue weighted by Gasteiger charge is 2.25. The van der Waals surface area contributed by atoms with Crippen molar-refractivity contribution in [1.82, 2.24) is 4.90 Å². The minimum Gasteiger partial charge on any atom is -0.390 e. The van der Waals surface area contributed by atoms with E-state index in [-0.39, 0.29) is 5.91 Å². The van der Waals surface area contributed by atoms with Crippen LogP contribution >= 0.6 is 11.3 Å². The van der Waals surface area contributed by atoms with Gasteiger partial charge in [-0.3, -0.25) is 9.69 Å². The molecule has 0 unspecified atom stereocenters. The summed E-state index contributed by atoms with van der Waals surface area (Å²) in [6, 6.07) is 0. The molecular weight excluding hydrogens is 222 g/mol. The molecule has 1 aliphatic rings. The van der Waals surface area contributed by atoms with Crippen molar-refractivity contribution in [3.05, 3.63) is 16.0 Å². The number of fused-ring (bicyclic) bond motifs is 1. The Morgan fingerprint density at radius 2 is 2.31 bits per heavy atom. The molecule has 0 atom stereocenters. The number of carbonyl (C=O) groups excluding carboxylic acids is 1. The summed E-state index contributed by atoms with van der Waals surface area (Å²) in [7, 11) is 0. The maximum atomic E-state index is 11.3. The molecular formula is C11H17N3OS. The molecule has 88 valence electrons. The molecule has 0 spiro atoms. The van der Waals surface area contributed by atoms with E-state index in [1.807, 2.05) is 0 Å². The fourth-order valence-corrected chi connectivity index (χ4v) is 3.42. The number of hydrogen-bond acceptors (Lipinski definition) is 4. The predicted octanol–water partition coefficient (Wildman–Crippen LogP) is 1.20. The first kappa shape index (κ1) is 11.4. The second-order valence-electron chi connectivity index (χ2n) is 4.13. The minimum atomic E-state index is -0.390. The zero-order valence-corrected chi connectivity index (χ0v) is 10.3. The van der Waals surface area contributed by atoms with E-state index < -0.39 is 0 Å². The monoisotopic (exact) mass is 239 g/mol. The van der Waals surface area contributed by atoms with Gasteiger partial charge in [0.15, 0.2) is 0 Å². The van der Waals surface area contributed by atoms with Gasteiger partial charge in [0.1, 0.15) is 0 Å². The largest absolute Gasteiger partial charge is 0.390 e. The van der Waals surface area contributed by atoms with Crippen LogP contribution in [0, 0.1) is 0 Å². The number of anilines is 1. The molecule has 2 heterocycles. The van der Waals surface area contributed by atoms with E-state index in [0.29, 0.717) is 10.6 Å². The molecule has 16 heavy (non-hydrogen) atoms. The molecule has 5 heteroatoms. The first-order chi connectivity index (χ1) is 7.63. The molecule has 0 fully saturated rings. The number of nitrogens with two attached hydrogens (primary N) is 2. The molecule has 1 aromatic rings.